The Morgan fingerprint density at radius 2 is 2.19 bits per heavy atom. The van der Waals surface area contributed by atoms with Crippen molar-refractivity contribution in [1.29, 1.82) is 5.26 Å². The molecule has 2 rings (SSSR count). The first kappa shape index (κ1) is 14.6. The molecule has 0 fully saturated rings. The lowest BCUT2D eigenvalue weighted by atomic mass is 10.1. The van der Waals surface area contributed by atoms with Crippen LogP contribution in [0.4, 0.5) is 5.69 Å². The van der Waals surface area contributed by atoms with Crippen LogP contribution < -0.4 is 16.7 Å². The molecule has 1 aromatic heterocycles. The number of benzene rings is 1. The van der Waals surface area contributed by atoms with Crippen LogP contribution in [0.2, 0.25) is 0 Å². The van der Waals surface area contributed by atoms with Crippen molar-refractivity contribution in [2.45, 2.75) is 26.2 Å². The first-order chi connectivity index (χ1) is 10.1. The molecule has 6 heteroatoms. The first-order valence-electron chi connectivity index (χ1n) is 6.76. The van der Waals surface area contributed by atoms with Gasteiger partial charge >= 0.3 is 5.69 Å². The van der Waals surface area contributed by atoms with Gasteiger partial charge in [0, 0.05) is 0 Å². The van der Waals surface area contributed by atoms with Crippen molar-refractivity contribution >= 4 is 5.69 Å². The van der Waals surface area contributed by atoms with Gasteiger partial charge < -0.3 is 0 Å². The second kappa shape index (κ2) is 6.57. The fraction of sp³-hybridized carbons (Fsp3) is 0.267. The largest absolute Gasteiger partial charge is 0.347 e. The summed E-state index contributed by atoms with van der Waals surface area (Å²) in [5.41, 5.74) is 3.35. The Kier molecular flexibility index (Phi) is 4.57. The van der Waals surface area contributed by atoms with Gasteiger partial charge in [0.25, 0.3) is 5.56 Å². The van der Waals surface area contributed by atoms with E-state index in [4.69, 9.17) is 5.26 Å². The first-order valence-corrected chi connectivity index (χ1v) is 6.76. The summed E-state index contributed by atoms with van der Waals surface area (Å²) in [6, 6.07) is 9.43. The summed E-state index contributed by atoms with van der Waals surface area (Å²) in [4.78, 5) is 25.1. The minimum Gasteiger partial charge on any atom is -0.290 e. The molecule has 0 aliphatic carbocycles. The van der Waals surface area contributed by atoms with Crippen LogP contribution >= 0.6 is 0 Å². The maximum atomic E-state index is 11.7. The molecule has 2 N–H and O–H groups in total. The van der Waals surface area contributed by atoms with Crippen LogP contribution in [0.5, 0.6) is 0 Å². The highest BCUT2D eigenvalue weighted by Crippen LogP contribution is 2.12. The standard InChI is InChI=1S/C15H16N4O2/c1-2-3-5-11-6-4-7-13(8-11)18-19-10-12(9-16)14(20)17-15(19)21/h4,6-8,10,18H,2-3,5H2,1H3,(H,17,20,21). The Balaban J connectivity index is 2.28. The molecule has 0 unspecified atom stereocenters. The predicted molar refractivity (Wildman–Crippen MR) is 80.1 cm³/mol. The third kappa shape index (κ3) is 3.60. The number of anilines is 1. The van der Waals surface area contributed by atoms with E-state index in [0.717, 1.165) is 29.6 Å². The van der Waals surface area contributed by atoms with E-state index < -0.39 is 11.2 Å². The number of H-pyrrole nitrogens is 1. The topological polar surface area (TPSA) is 90.7 Å². The fourth-order valence-corrected chi connectivity index (χ4v) is 1.95. The second-order valence-corrected chi connectivity index (χ2v) is 4.70. The smallest absolute Gasteiger partial charge is 0.290 e. The number of aromatic nitrogens is 2. The summed E-state index contributed by atoms with van der Waals surface area (Å²) in [6.07, 6.45) is 4.37. The summed E-state index contributed by atoms with van der Waals surface area (Å²) >= 11 is 0. The summed E-state index contributed by atoms with van der Waals surface area (Å²) in [5.74, 6) is 0. The van der Waals surface area contributed by atoms with E-state index in [2.05, 4.69) is 17.3 Å². The van der Waals surface area contributed by atoms with E-state index in [1.165, 1.54) is 11.8 Å². The van der Waals surface area contributed by atoms with E-state index in [1.807, 2.05) is 24.3 Å². The summed E-state index contributed by atoms with van der Waals surface area (Å²) in [6.45, 7) is 2.13. The molecular weight excluding hydrogens is 268 g/mol. The van der Waals surface area contributed by atoms with Crippen molar-refractivity contribution in [3.63, 3.8) is 0 Å². The zero-order chi connectivity index (χ0) is 15.2. The Hall–Kier alpha value is -2.81. The van der Waals surface area contributed by atoms with Gasteiger partial charge in [0.2, 0.25) is 0 Å². The SMILES string of the molecule is CCCCc1cccc(Nn2cc(C#N)c(=O)[nH]c2=O)c1. The van der Waals surface area contributed by atoms with E-state index in [0.29, 0.717) is 0 Å². The molecule has 1 aromatic carbocycles. The lowest BCUT2D eigenvalue weighted by molar-refractivity contribution is 0.793. The predicted octanol–water partition coefficient (Wildman–Crippen LogP) is 1.63. The van der Waals surface area contributed by atoms with Gasteiger partial charge in [-0.15, -0.1) is 0 Å². The zero-order valence-electron chi connectivity index (χ0n) is 11.7. The van der Waals surface area contributed by atoms with Crippen molar-refractivity contribution in [2.75, 3.05) is 5.43 Å². The lowest BCUT2D eigenvalue weighted by Crippen LogP contribution is -2.34. The number of nitriles is 1. The van der Waals surface area contributed by atoms with Gasteiger partial charge in [-0.2, -0.15) is 5.26 Å². The molecule has 0 bridgehead atoms. The van der Waals surface area contributed by atoms with Crippen molar-refractivity contribution in [3.05, 3.63) is 62.4 Å². The Bertz CT molecular complexity index is 783. The van der Waals surface area contributed by atoms with Gasteiger partial charge in [-0.3, -0.25) is 15.2 Å². The molecule has 0 radical (unpaired) electrons. The van der Waals surface area contributed by atoms with Gasteiger partial charge in [-0.05, 0) is 30.5 Å². The number of unbranched alkanes of at least 4 members (excludes halogenated alkanes) is 1. The fourth-order valence-electron chi connectivity index (χ4n) is 1.95. The van der Waals surface area contributed by atoms with Gasteiger partial charge in [0.15, 0.2) is 0 Å². The molecule has 0 saturated carbocycles. The molecule has 0 amide bonds. The quantitative estimate of drug-likeness (QED) is 0.873. The zero-order valence-corrected chi connectivity index (χ0v) is 11.7. The van der Waals surface area contributed by atoms with Crippen LogP contribution in [0.3, 0.4) is 0 Å². The van der Waals surface area contributed by atoms with Gasteiger partial charge in [-0.1, -0.05) is 25.5 Å². The second-order valence-electron chi connectivity index (χ2n) is 4.70. The minimum atomic E-state index is -0.683. The molecule has 21 heavy (non-hydrogen) atoms. The van der Waals surface area contributed by atoms with Crippen LogP contribution in [-0.4, -0.2) is 9.66 Å². The molecule has 0 aliphatic heterocycles. The lowest BCUT2D eigenvalue weighted by Gasteiger charge is -2.10. The van der Waals surface area contributed by atoms with E-state index in [9.17, 15) is 9.59 Å². The Labute approximate surface area is 121 Å². The number of hydrogen-bond acceptors (Lipinski definition) is 4. The summed E-state index contributed by atoms with van der Waals surface area (Å²) in [7, 11) is 0. The maximum absolute atomic E-state index is 11.7. The van der Waals surface area contributed by atoms with Crippen LogP contribution in [0.25, 0.3) is 0 Å². The molecule has 2 aromatic rings. The van der Waals surface area contributed by atoms with Gasteiger partial charge in [0.05, 0.1) is 11.9 Å². The third-order valence-corrected chi connectivity index (χ3v) is 3.06. The third-order valence-electron chi connectivity index (χ3n) is 3.06. The molecule has 0 saturated heterocycles. The monoisotopic (exact) mass is 284 g/mol. The molecule has 108 valence electrons. The van der Waals surface area contributed by atoms with Crippen LogP contribution in [0.1, 0.15) is 30.9 Å². The Morgan fingerprint density at radius 1 is 1.38 bits per heavy atom. The average molecular weight is 284 g/mol. The number of nitrogens with one attached hydrogen (secondary N) is 2. The van der Waals surface area contributed by atoms with E-state index in [1.54, 1.807) is 6.07 Å². The molecule has 1 heterocycles. The van der Waals surface area contributed by atoms with Crippen LogP contribution in [0.15, 0.2) is 40.1 Å². The molecule has 0 atom stereocenters. The van der Waals surface area contributed by atoms with E-state index in [-0.39, 0.29) is 5.56 Å². The van der Waals surface area contributed by atoms with Crippen molar-refractivity contribution in [2.24, 2.45) is 0 Å². The summed E-state index contributed by atoms with van der Waals surface area (Å²) in [5, 5.41) is 8.83. The number of aryl methyl sites for hydroxylation is 1. The Morgan fingerprint density at radius 3 is 2.90 bits per heavy atom. The molecular formula is C15H16N4O2. The van der Waals surface area contributed by atoms with Crippen molar-refractivity contribution < 1.29 is 0 Å². The highest BCUT2D eigenvalue weighted by molar-refractivity contribution is 5.45. The molecule has 0 spiro atoms. The van der Waals surface area contributed by atoms with Gasteiger partial charge in [-0.25, -0.2) is 9.47 Å². The molecule has 0 aliphatic rings. The number of hydrogen-bond donors (Lipinski definition) is 2. The van der Waals surface area contributed by atoms with Gasteiger partial charge in [0.1, 0.15) is 11.6 Å². The highest BCUT2D eigenvalue weighted by atomic mass is 16.2. The van der Waals surface area contributed by atoms with Crippen LogP contribution in [-0.2, 0) is 6.42 Å². The minimum absolute atomic E-state index is 0.121. The van der Waals surface area contributed by atoms with Crippen molar-refractivity contribution in [3.8, 4) is 6.07 Å². The normalized spacial score (nSPS) is 10.1. The van der Waals surface area contributed by atoms with Crippen molar-refractivity contribution in [1.82, 2.24) is 9.66 Å². The number of rotatable bonds is 5. The molecule has 6 nitrogen and oxygen atoms in total. The number of nitrogens with zero attached hydrogens (tertiary/aromatic N) is 2. The highest BCUT2D eigenvalue weighted by Gasteiger charge is 2.04. The number of aromatic amines is 1. The van der Waals surface area contributed by atoms with Crippen LogP contribution in [0, 0.1) is 11.3 Å². The summed E-state index contributed by atoms with van der Waals surface area (Å²) < 4.78 is 1.10. The average Bonchev–Trinajstić information content (AvgIpc) is 2.48. The van der Waals surface area contributed by atoms with E-state index >= 15 is 0 Å². The maximum Gasteiger partial charge on any atom is 0.347 e.